The lowest BCUT2D eigenvalue weighted by molar-refractivity contribution is -0.318. The molecule has 19 atom stereocenters. The van der Waals surface area contributed by atoms with Gasteiger partial charge in [-0.15, -0.1) is 11.3 Å². The summed E-state index contributed by atoms with van der Waals surface area (Å²) in [6.07, 6.45) is -8.24. The Bertz CT molecular complexity index is 1560. The van der Waals surface area contributed by atoms with Crippen LogP contribution in [0.25, 0.3) is 0 Å². The summed E-state index contributed by atoms with van der Waals surface area (Å²) < 4.78 is 38.0. The summed E-state index contributed by atoms with van der Waals surface area (Å²) in [6, 6.07) is -1.07. The standard InChI is InChI=1S/C44H80N4O13S/c1-15-32-44(11,55)36(51)28(7)47(12)21-23(2)17-42(9,54)38(26(5)35(27(6)39(53)59-32)60-33-18-43(10,56-14)37(52)29(8)58-33)61-40-34(50)31(16-24(3)57-40)48(13)22-30(49)20-46-41-45-19-25(4)62-41/h19,23-24,26-38,40,49-52,54-55H,15-18,20-22H2,1-14H3,(H,45,46)/t23-,24-,26+,27-,28-,29+,30?,31?,32-,33+,34-,35+,36-,37+,38-,40+,42-,43-,44-/m1/s1. The summed E-state index contributed by atoms with van der Waals surface area (Å²) in [4.78, 5) is 23.5. The van der Waals surface area contributed by atoms with Crippen LogP contribution in [0.5, 0.6) is 0 Å². The average molecular weight is 905 g/mol. The predicted molar refractivity (Wildman–Crippen MR) is 234 cm³/mol. The van der Waals surface area contributed by atoms with Gasteiger partial charge in [0.05, 0.1) is 47.6 Å². The van der Waals surface area contributed by atoms with Gasteiger partial charge < -0.3 is 69.3 Å². The number of aryl methyl sites for hydroxylation is 1. The minimum absolute atomic E-state index is 0.0997. The van der Waals surface area contributed by atoms with E-state index >= 15 is 0 Å². The predicted octanol–water partition coefficient (Wildman–Crippen LogP) is 2.51. The van der Waals surface area contributed by atoms with Crippen molar-refractivity contribution in [1.29, 1.82) is 0 Å². The van der Waals surface area contributed by atoms with Crippen molar-refractivity contribution >= 4 is 22.4 Å². The number of cyclic esters (lactones) is 1. The second-order valence-corrected chi connectivity index (χ2v) is 20.7. The van der Waals surface area contributed by atoms with Crippen LogP contribution in [-0.2, 0) is 33.2 Å². The Balaban J connectivity index is 1.73. The molecule has 0 spiro atoms. The van der Waals surface area contributed by atoms with Crippen molar-refractivity contribution in [2.45, 2.75) is 198 Å². The van der Waals surface area contributed by atoms with Crippen LogP contribution in [0.1, 0.15) is 99.8 Å². The number of nitrogens with one attached hydrogen (secondary N) is 1. The van der Waals surface area contributed by atoms with E-state index in [4.69, 9.17) is 28.4 Å². The maximum absolute atomic E-state index is 14.4. The van der Waals surface area contributed by atoms with Gasteiger partial charge in [-0.2, -0.15) is 0 Å². The molecule has 18 heteroatoms. The number of rotatable bonds is 12. The molecule has 3 aliphatic heterocycles. The monoisotopic (exact) mass is 905 g/mol. The van der Waals surface area contributed by atoms with Gasteiger partial charge in [-0.3, -0.25) is 9.69 Å². The van der Waals surface area contributed by atoms with E-state index < -0.39 is 108 Å². The highest BCUT2D eigenvalue weighted by molar-refractivity contribution is 7.15. The molecule has 0 amide bonds. The number of aliphatic hydroxyl groups excluding tert-OH is 4. The molecule has 3 aliphatic rings. The van der Waals surface area contributed by atoms with Crippen molar-refractivity contribution in [1.82, 2.24) is 14.8 Å². The van der Waals surface area contributed by atoms with E-state index in [0.717, 1.165) is 4.88 Å². The Morgan fingerprint density at radius 1 is 1.05 bits per heavy atom. The molecule has 17 nitrogen and oxygen atoms in total. The highest BCUT2D eigenvalue weighted by atomic mass is 32.1. The van der Waals surface area contributed by atoms with Crippen LogP contribution in [0.2, 0.25) is 0 Å². The van der Waals surface area contributed by atoms with E-state index in [1.54, 1.807) is 54.7 Å². The third-order valence-electron chi connectivity index (χ3n) is 13.7. The molecule has 3 saturated heterocycles. The van der Waals surface area contributed by atoms with Crippen LogP contribution in [-0.4, -0.2) is 189 Å². The summed E-state index contributed by atoms with van der Waals surface area (Å²) in [7, 11) is 5.15. The fourth-order valence-corrected chi connectivity index (χ4v) is 10.5. The fraction of sp³-hybridized carbons (Fsp3) is 0.909. The van der Waals surface area contributed by atoms with Crippen LogP contribution < -0.4 is 5.32 Å². The number of carbonyl (C=O) groups is 1. The molecule has 62 heavy (non-hydrogen) atoms. The molecule has 0 aliphatic carbocycles. The first-order valence-corrected chi connectivity index (χ1v) is 23.2. The zero-order chi connectivity index (χ0) is 46.6. The van der Waals surface area contributed by atoms with Crippen molar-refractivity contribution in [2.24, 2.45) is 17.8 Å². The van der Waals surface area contributed by atoms with E-state index in [-0.39, 0.29) is 44.4 Å². The highest BCUT2D eigenvalue weighted by Crippen LogP contribution is 2.40. The number of thiazole rings is 1. The Hall–Kier alpha value is -1.62. The molecule has 0 saturated carbocycles. The van der Waals surface area contributed by atoms with Crippen LogP contribution >= 0.6 is 11.3 Å². The number of esters is 1. The van der Waals surface area contributed by atoms with Crippen LogP contribution in [0.15, 0.2) is 6.20 Å². The second kappa shape index (κ2) is 21.8. The fourth-order valence-electron chi connectivity index (χ4n) is 9.83. The molecule has 1 aromatic rings. The summed E-state index contributed by atoms with van der Waals surface area (Å²) in [5.74, 6) is -2.79. The minimum atomic E-state index is -1.83. The Labute approximate surface area is 373 Å². The number of nitrogens with zero attached hydrogens (tertiary/aromatic N) is 3. The van der Waals surface area contributed by atoms with Gasteiger partial charge in [0.2, 0.25) is 0 Å². The van der Waals surface area contributed by atoms with E-state index in [9.17, 15) is 35.4 Å². The first-order valence-electron chi connectivity index (χ1n) is 22.4. The molecule has 0 radical (unpaired) electrons. The van der Waals surface area contributed by atoms with Crippen molar-refractivity contribution < 1.29 is 63.9 Å². The second-order valence-electron chi connectivity index (χ2n) is 19.5. The average Bonchev–Trinajstić information content (AvgIpc) is 3.62. The number of hydrogen-bond donors (Lipinski definition) is 7. The minimum Gasteiger partial charge on any atom is -0.459 e. The van der Waals surface area contributed by atoms with Crippen molar-refractivity contribution in [3.8, 4) is 0 Å². The van der Waals surface area contributed by atoms with Gasteiger partial charge in [0.15, 0.2) is 17.7 Å². The zero-order valence-corrected chi connectivity index (χ0v) is 40.4. The third-order valence-corrected chi connectivity index (χ3v) is 14.6. The normalized spacial score (nSPS) is 44.0. The summed E-state index contributed by atoms with van der Waals surface area (Å²) in [6.45, 7) is 20.3. The van der Waals surface area contributed by atoms with E-state index in [0.29, 0.717) is 18.1 Å². The number of methoxy groups -OCH3 is 1. The summed E-state index contributed by atoms with van der Waals surface area (Å²) in [5, 5.41) is 74.1. The first-order chi connectivity index (χ1) is 28.8. The van der Waals surface area contributed by atoms with Crippen LogP contribution in [0.3, 0.4) is 0 Å². The quantitative estimate of drug-likeness (QED) is 0.150. The van der Waals surface area contributed by atoms with Gasteiger partial charge in [-0.05, 0) is 94.7 Å². The molecule has 1 aromatic heterocycles. The maximum atomic E-state index is 14.4. The molecule has 0 aromatic carbocycles. The van der Waals surface area contributed by atoms with Gasteiger partial charge in [-0.25, -0.2) is 4.98 Å². The van der Waals surface area contributed by atoms with Crippen molar-refractivity contribution in [2.75, 3.05) is 46.2 Å². The Kier molecular flexibility index (Phi) is 18.6. The lowest BCUT2D eigenvalue weighted by Crippen LogP contribution is -2.61. The number of aliphatic hydroxyl groups is 6. The molecule has 4 rings (SSSR count). The smallest absolute Gasteiger partial charge is 0.311 e. The summed E-state index contributed by atoms with van der Waals surface area (Å²) >= 11 is 1.50. The van der Waals surface area contributed by atoms with Crippen molar-refractivity contribution in [3.05, 3.63) is 11.1 Å². The number of aromatic nitrogens is 1. The maximum Gasteiger partial charge on any atom is 0.311 e. The van der Waals surface area contributed by atoms with Crippen LogP contribution in [0, 0.1) is 24.7 Å². The molecule has 2 unspecified atom stereocenters. The van der Waals surface area contributed by atoms with Gasteiger partial charge >= 0.3 is 5.97 Å². The number of carbonyl (C=O) groups excluding carboxylic acids is 1. The number of anilines is 1. The molecular formula is C44H80N4O13S. The molecule has 7 N–H and O–H groups in total. The van der Waals surface area contributed by atoms with Gasteiger partial charge in [0.25, 0.3) is 0 Å². The molecule has 4 heterocycles. The van der Waals surface area contributed by atoms with Gasteiger partial charge in [-0.1, -0.05) is 20.8 Å². The van der Waals surface area contributed by atoms with Gasteiger partial charge in [0, 0.05) is 62.2 Å². The van der Waals surface area contributed by atoms with E-state index in [1.165, 1.54) is 25.4 Å². The highest BCUT2D eigenvalue weighted by Gasteiger charge is 2.53. The topological polar surface area (TPSA) is 225 Å². The number of likely N-dealkylation sites (N-methyl/N-ethyl adjacent to an activating group) is 2. The number of ether oxygens (including phenoxy) is 6. The van der Waals surface area contributed by atoms with E-state index in [1.807, 2.05) is 44.7 Å². The first kappa shape index (κ1) is 53.0. The third kappa shape index (κ3) is 12.6. The molecule has 360 valence electrons. The largest absolute Gasteiger partial charge is 0.459 e. The zero-order valence-electron chi connectivity index (χ0n) is 39.6. The molecule has 3 fully saturated rings. The Morgan fingerprint density at radius 3 is 2.31 bits per heavy atom. The lowest BCUT2D eigenvalue weighted by Gasteiger charge is -2.49. The van der Waals surface area contributed by atoms with E-state index in [2.05, 4.69) is 10.3 Å². The van der Waals surface area contributed by atoms with Gasteiger partial charge in [0.1, 0.15) is 30.0 Å². The SMILES string of the molecule is CC[C@H]1OC(=O)[C@H](C)[C@@H](O[C@H]2C[C@@](C)(OC)[C@@H](O)[C@H](C)O2)[C@H](C)[C@@H](O[C@@H]2O[C@H](C)CC(N(C)CC(O)CNc3ncc(C)s3)[C@H]2O)[C@](C)(O)C[C@@H](C)CN(C)[C@H](C)[C@@H](O)[C@]1(C)O. The number of hydrogen-bond acceptors (Lipinski definition) is 18. The molecular weight excluding hydrogens is 825 g/mol. The summed E-state index contributed by atoms with van der Waals surface area (Å²) in [5.41, 5.74) is -4.53. The van der Waals surface area contributed by atoms with Crippen LogP contribution in [0.4, 0.5) is 5.13 Å². The van der Waals surface area contributed by atoms with Crippen molar-refractivity contribution in [3.63, 3.8) is 0 Å². The lowest BCUT2D eigenvalue weighted by atomic mass is 9.77. The molecule has 0 bridgehead atoms. The Morgan fingerprint density at radius 2 is 1.71 bits per heavy atom.